The van der Waals surface area contributed by atoms with Crippen molar-refractivity contribution in [3.8, 4) is 5.69 Å². The van der Waals surface area contributed by atoms with Gasteiger partial charge in [-0.1, -0.05) is 13.8 Å². The predicted octanol–water partition coefficient (Wildman–Crippen LogP) is 4.36. The van der Waals surface area contributed by atoms with Crippen molar-refractivity contribution in [2.75, 3.05) is 0 Å². The molecule has 0 radical (unpaired) electrons. The van der Waals surface area contributed by atoms with Gasteiger partial charge in [-0.15, -0.1) is 0 Å². The van der Waals surface area contributed by atoms with Gasteiger partial charge >= 0.3 is 12.1 Å². The zero-order chi connectivity index (χ0) is 29.2. The molecule has 1 aromatic carbocycles. The fourth-order valence-corrected chi connectivity index (χ4v) is 4.92. The molecule has 1 saturated carbocycles. The maximum atomic E-state index is 13.4. The van der Waals surface area contributed by atoms with Crippen LogP contribution in [0.25, 0.3) is 5.69 Å². The number of rotatable bonds is 10. The van der Waals surface area contributed by atoms with E-state index in [0.717, 1.165) is 25.0 Å². The minimum absolute atomic E-state index is 0.0345. The number of nitrogens with zero attached hydrogens (tertiary/aromatic N) is 2. The number of halogens is 3. The van der Waals surface area contributed by atoms with E-state index < -0.39 is 41.8 Å². The number of hydrogen-bond acceptors (Lipinski definition) is 5. The highest BCUT2D eigenvalue weighted by Gasteiger charge is 2.39. The Kier molecular flexibility index (Phi) is 8.67. The molecule has 0 bridgehead atoms. The molecule has 0 aliphatic heterocycles. The number of aliphatic carboxylic acids is 1. The van der Waals surface area contributed by atoms with E-state index in [1.54, 1.807) is 6.07 Å². The van der Waals surface area contributed by atoms with Crippen molar-refractivity contribution in [1.29, 1.82) is 0 Å². The number of amides is 2. The molecule has 2 aromatic rings. The van der Waals surface area contributed by atoms with Gasteiger partial charge in [0.2, 0.25) is 5.91 Å². The summed E-state index contributed by atoms with van der Waals surface area (Å²) >= 11 is 0. The molecule has 40 heavy (non-hydrogen) atoms. The van der Waals surface area contributed by atoms with Crippen molar-refractivity contribution in [1.82, 2.24) is 20.4 Å². The Balaban J connectivity index is 1.62. The van der Waals surface area contributed by atoms with E-state index in [2.05, 4.69) is 15.7 Å². The third kappa shape index (κ3) is 6.72. The van der Waals surface area contributed by atoms with Crippen molar-refractivity contribution in [3.63, 3.8) is 0 Å². The lowest BCUT2D eigenvalue weighted by Crippen LogP contribution is -2.59. The van der Waals surface area contributed by atoms with Crippen LogP contribution in [-0.2, 0) is 20.5 Å². The van der Waals surface area contributed by atoms with Gasteiger partial charge in [0.15, 0.2) is 5.69 Å². The monoisotopic (exact) mass is 562 g/mol. The van der Waals surface area contributed by atoms with E-state index in [4.69, 9.17) is 4.74 Å². The Morgan fingerprint density at radius 1 is 1.12 bits per heavy atom. The maximum Gasteiger partial charge on any atom is 0.416 e. The van der Waals surface area contributed by atoms with Crippen LogP contribution < -0.4 is 10.6 Å². The number of aromatic nitrogens is 2. The summed E-state index contributed by atoms with van der Waals surface area (Å²) in [6.45, 7) is 5.21. The molecule has 1 heterocycles. The Hall–Kier alpha value is -3.67. The van der Waals surface area contributed by atoms with Crippen LogP contribution in [0.1, 0.15) is 80.5 Å². The van der Waals surface area contributed by atoms with Gasteiger partial charge in [-0.05, 0) is 62.1 Å². The van der Waals surface area contributed by atoms with E-state index >= 15 is 0 Å². The standard InChI is InChI=1S/C28H33F3N4O5/c1-4-20(5-2)40-24-13-17(27(38)39)12-21(25(24)32-15(3)36)33-26(37)22-14-23(16-6-7-16)35(34-22)19-10-8-18(9-11-19)28(29,30)31/h8-11,13-14,16,20-21,24-25H,4-7,12H2,1-3H3,(H,32,36)(H,33,37)(H,38,39)/t21-,24+,25+/m0/s1. The molecule has 2 aliphatic rings. The van der Waals surface area contributed by atoms with Crippen LogP contribution in [0.4, 0.5) is 13.2 Å². The Morgan fingerprint density at radius 2 is 1.77 bits per heavy atom. The second-order valence-corrected chi connectivity index (χ2v) is 10.2. The van der Waals surface area contributed by atoms with Crippen LogP contribution in [0, 0.1) is 0 Å². The van der Waals surface area contributed by atoms with Gasteiger partial charge in [0.1, 0.15) is 0 Å². The summed E-state index contributed by atoms with van der Waals surface area (Å²) in [5.41, 5.74) is 0.387. The molecular formula is C28H33F3N4O5. The second-order valence-electron chi connectivity index (χ2n) is 10.2. The molecule has 0 spiro atoms. The highest BCUT2D eigenvalue weighted by molar-refractivity contribution is 5.93. The average Bonchev–Trinajstić information content (AvgIpc) is 3.65. The van der Waals surface area contributed by atoms with E-state index in [0.29, 0.717) is 24.2 Å². The molecule has 216 valence electrons. The lowest BCUT2D eigenvalue weighted by molar-refractivity contribution is -0.137. The van der Waals surface area contributed by atoms with Crippen LogP contribution in [0.15, 0.2) is 42.0 Å². The van der Waals surface area contributed by atoms with Crippen LogP contribution in [-0.4, -0.2) is 57.0 Å². The number of carboxylic acids is 1. The van der Waals surface area contributed by atoms with Gasteiger partial charge in [-0.25, -0.2) is 9.48 Å². The van der Waals surface area contributed by atoms with Gasteiger partial charge in [-0.3, -0.25) is 9.59 Å². The topological polar surface area (TPSA) is 123 Å². The van der Waals surface area contributed by atoms with Crippen molar-refractivity contribution >= 4 is 17.8 Å². The first-order valence-electron chi connectivity index (χ1n) is 13.4. The smallest absolute Gasteiger partial charge is 0.416 e. The van der Waals surface area contributed by atoms with Crippen LogP contribution in [0.5, 0.6) is 0 Å². The van der Waals surface area contributed by atoms with Crippen molar-refractivity contribution < 1.29 is 37.4 Å². The normalized spacial score (nSPS) is 21.2. The molecule has 1 aromatic heterocycles. The Labute approximate surface area is 229 Å². The maximum absolute atomic E-state index is 13.4. The molecule has 0 unspecified atom stereocenters. The van der Waals surface area contributed by atoms with Gasteiger partial charge in [0.05, 0.1) is 35.5 Å². The number of carbonyl (C=O) groups excluding carboxylic acids is 2. The van der Waals surface area contributed by atoms with Crippen LogP contribution in [0.2, 0.25) is 0 Å². The molecule has 4 rings (SSSR count). The Bertz CT molecular complexity index is 1280. The zero-order valence-corrected chi connectivity index (χ0v) is 22.5. The third-order valence-electron chi connectivity index (χ3n) is 7.22. The number of nitrogens with one attached hydrogen (secondary N) is 2. The minimum atomic E-state index is -4.48. The molecule has 1 fully saturated rings. The average molecular weight is 563 g/mol. The number of alkyl halides is 3. The van der Waals surface area contributed by atoms with Crippen molar-refractivity contribution in [3.05, 3.63) is 58.9 Å². The predicted molar refractivity (Wildman–Crippen MR) is 139 cm³/mol. The van der Waals surface area contributed by atoms with E-state index in [1.165, 1.54) is 29.8 Å². The van der Waals surface area contributed by atoms with Crippen molar-refractivity contribution in [2.45, 2.75) is 89.3 Å². The molecule has 0 saturated heterocycles. The number of ether oxygens (including phenoxy) is 1. The van der Waals surface area contributed by atoms with E-state index in [9.17, 15) is 32.7 Å². The third-order valence-corrected chi connectivity index (χ3v) is 7.22. The SMILES string of the molecule is CCC(CC)O[C@@H]1C=C(C(=O)O)C[C@H](NC(=O)c2cc(C3CC3)n(-c3ccc(C(F)(F)F)cc3)n2)[C@H]1NC(C)=O. The van der Waals surface area contributed by atoms with Crippen molar-refractivity contribution in [2.24, 2.45) is 0 Å². The molecule has 3 atom stereocenters. The summed E-state index contributed by atoms with van der Waals surface area (Å²) in [6.07, 6.45) is -0.926. The first-order chi connectivity index (χ1) is 18.9. The van der Waals surface area contributed by atoms with Gasteiger partial charge in [-0.2, -0.15) is 18.3 Å². The highest BCUT2D eigenvalue weighted by atomic mass is 19.4. The Morgan fingerprint density at radius 3 is 2.30 bits per heavy atom. The molecule has 3 N–H and O–H groups in total. The largest absolute Gasteiger partial charge is 0.478 e. The number of benzene rings is 1. The molecule has 9 nitrogen and oxygen atoms in total. The summed E-state index contributed by atoms with van der Waals surface area (Å²) in [6, 6.07) is 4.60. The lowest BCUT2D eigenvalue weighted by atomic mass is 9.87. The molecule has 2 aliphatic carbocycles. The van der Waals surface area contributed by atoms with Crippen LogP contribution >= 0.6 is 0 Å². The number of carboxylic acid groups (broad SMARTS) is 1. The quantitative estimate of drug-likeness (QED) is 0.396. The lowest BCUT2D eigenvalue weighted by Gasteiger charge is -2.38. The zero-order valence-electron chi connectivity index (χ0n) is 22.5. The fourth-order valence-electron chi connectivity index (χ4n) is 4.92. The summed E-state index contributed by atoms with van der Waals surface area (Å²) in [4.78, 5) is 37.4. The summed E-state index contributed by atoms with van der Waals surface area (Å²) < 4.78 is 46.8. The van der Waals surface area contributed by atoms with Gasteiger partial charge in [0.25, 0.3) is 5.91 Å². The first kappa shape index (κ1) is 29.3. The number of carbonyl (C=O) groups is 3. The van der Waals surface area contributed by atoms with Crippen LogP contribution in [0.3, 0.4) is 0 Å². The minimum Gasteiger partial charge on any atom is -0.478 e. The van der Waals surface area contributed by atoms with Gasteiger partial charge in [0, 0.05) is 30.5 Å². The van der Waals surface area contributed by atoms with E-state index in [-0.39, 0.29) is 35.6 Å². The molecule has 2 amide bonds. The second kappa shape index (κ2) is 11.8. The first-order valence-corrected chi connectivity index (χ1v) is 13.4. The summed E-state index contributed by atoms with van der Waals surface area (Å²) in [5.74, 6) is -1.99. The summed E-state index contributed by atoms with van der Waals surface area (Å²) in [7, 11) is 0. The fraction of sp³-hybridized carbons (Fsp3) is 0.500. The van der Waals surface area contributed by atoms with Gasteiger partial charge < -0.3 is 20.5 Å². The molecular weight excluding hydrogens is 529 g/mol. The summed E-state index contributed by atoms with van der Waals surface area (Å²) in [5, 5.41) is 19.8. The number of hydrogen-bond donors (Lipinski definition) is 3. The highest BCUT2D eigenvalue weighted by Crippen LogP contribution is 2.41. The van der Waals surface area contributed by atoms with E-state index in [1.807, 2.05) is 13.8 Å². The molecule has 12 heteroatoms.